The Morgan fingerprint density at radius 3 is 2.51 bits per heavy atom. The van der Waals surface area contributed by atoms with E-state index in [0.29, 0.717) is 22.8 Å². The standard InChI is InChI=1S/C29H30FN3O5S/c1-19-17-21(10-13-23(19)33-25(34)18-39-26(33)20-8-11-22(30)12-9-20)27(35)37-16-15-32(24-7-5-6-14-31-24)28(36)38-29(2,3)4/h5-14,17,26H,15-16,18H2,1-4H3. The van der Waals surface area contributed by atoms with Crippen molar-refractivity contribution in [1.29, 1.82) is 0 Å². The largest absolute Gasteiger partial charge is 0.460 e. The van der Waals surface area contributed by atoms with Gasteiger partial charge in [-0.3, -0.25) is 14.6 Å². The van der Waals surface area contributed by atoms with Gasteiger partial charge in [0.05, 0.1) is 17.9 Å². The minimum Gasteiger partial charge on any atom is -0.460 e. The van der Waals surface area contributed by atoms with Crippen molar-refractivity contribution in [2.24, 2.45) is 0 Å². The van der Waals surface area contributed by atoms with E-state index in [4.69, 9.17) is 9.47 Å². The average molecular weight is 552 g/mol. The molecule has 3 aromatic rings. The summed E-state index contributed by atoms with van der Waals surface area (Å²) in [4.78, 5) is 45.6. The maximum Gasteiger partial charge on any atom is 0.416 e. The molecule has 0 N–H and O–H groups in total. The summed E-state index contributed by atoms with van der Waals surface area (Å²) in [5, 5.41) is -0.292. The Hall–Kier alpha value is -3.92. The third-order valence-electron chi connectivity index (χ3n) is 5.80. The van der Waals surface area contributed by atoms with Crippen LogP contribution in [-0.2, 0) is 14.3 Å². The van der Waals surface area contributed by atoms with Crippen molar-refractivity contribution in [2.45, 2.75) is 38.7 Å². The number of carbonyl (C=O) groups excluding carboxylic acids is 3. The Labute approximate surface area is 231 Å². The van der Waals surface area contributed by atoms with E-state index in [0.717, 1.165) is 11.1 Å². The summed E-state index contributed by atoms with van der Waals surface area (Å²) in [6, 6.07) is 16.2. The van der Waals surface area contributed by atoms with Gasteiger partial charge in [-0.25, -0.2) is 19.0 Å². The van der Waals surface area contributed by atoms with E-state index in [-0.39, 0.29) is 30.2 Å². The molecule has 204 valence electrons. The van der Waals surface area contributed by atoms with Gasteiger partial charge in [-0.2, -0.15) is 0 Å². The molecule has 1 saturated heterocycles. The predicted octanol–water partition coefficient (Wildman–Crippen LogP) is 5.91. The van der Waals surface area contributed by atoms with Gasteiger partial charge in [-0.1, -0.05) is 18.2 Å². The van der Waals surface area contributed by atoms with Crippen LogP contribution in [0.2, 0.25) is 0 Å². The van der Waals surface area contributed by atoms with Crippen molar-refractivity contribution in [3.63, 3.8) is 0 Å². The Balaban J connectivity index is 1.44. The van der Waals surface area contributed by atoms with Gasteiger partial charge in [-0.15, -0.1) is 11.8 Å². The molecule has 1 atom stereocenters. The first kappa shape index (κ1) is 28.1. The zero-order chi connectivity index (χ0) is 28.2. The van der Waals surface area contributed by atoms with Crippen molar-refractivity contribution in [1.82, 2.24) is 4.98 Å². The Bertz CT molecular complexity index is 1350. The number of hydrogen-bond donors (Lipinski definition) is 0. The van der Waals surface area contributed by atoms with Crippen LogP contribution in [0.4, 0.5) is 20.7 Å². The highest BCUT2D eigenvalue weighted by Gasteiger charge is 2.35. The maximum atomic E-state index is 13.4. The van der Waals surface area contributed by atoms with E-state index in [1.54, 1.807) is 80.4 Å². The number of nitrogens with zero attached hydrogens (tertiary/aromatic N) is 3. The summed E-state index contributed by atoms with van der Waals surface area (Å²) in [6.45, 7) is 7.09. The highest BCUT2D eigenvalue weighted by atomic mass is 32.2. The molecule has 1 unspecified atom stereocenters. The number of carbonyl (C=O) groups is 3. The predicted molar refractivity (Wildman–Crippen MR) is 148 cm³/mol. The molecule has 2 heterocycles. The second kappa shape index (κ2) is 11.9. The molecule has 1 aliphatic heterocycles. The first-order valence-corrected chi connectivity index (χ1v) is 13.5. The van der Waals surface area contributed by atoms with Crippen LogP contribution in [0, 0.1) is 12.7 Å². The molecule has 0 aliphatic carbocycles. The second-order valence-corrected chi connectivity index (χ2v) is 11.0. The molecule has 8 nitrogen and oxygen atoms in total. The van der Waals surface area contributed by atoms with Gasteiger partial charge in [0.1, 0.15) is 29.2 Å². The zero-order valence-corrected chi connectivity index (χ0v) is 23.0. The quantitative estimate of drug-likeness (QED) is 0.338. The van der Waals surface area contributed by atoms with Gasteiger partial charge in [0.15, 0.2) is 0 Å². The molecule has 2 amide bonds. The van der Waals surface area contributed by atoms with Gasteiger partial charge in [-0.05, 0) is 81.3 Å². The number of hydrogen-bond acceptors (Lipinski definition) is 7. The fourth-order valence-electron chi connectivity index (χ4n) is 4.05. The molecule has 1 aliphatic rings. The number of aromatic nitrogens is 1. The summed E-state index contributed by atoms with van der Waals surface area (Å²) >= 11 is 1.46. The number of anilines is 2. The van der Waals surface area contributed by atoms with Crippen molar-refractivity contribution in [3.05, 3.63) is 89.4 Å². The van der Waals surface area contributed by atoms with Gasteiger partial charge in [0.25, 0.3) is 0 Å². The van der Waals surface area contributed by atoms with Crippen molar-refractivity contribution < 1.29 is 28.2 Å². The molecule has 0 saturated carbocycles. The number of amides is 2. The fraction of sp³-hybridized carbons (Fsp3) is 0.310. The van der Waals surface area contributed by atoms with E-state index < -0.39 is 17.7 Å². The van der Waals surface area contributed by atoms with Crippen molar-refractivity contribution in [3.8, 4) is 0 Å². The minimum absolute atomic E-state index is 0.0492. The number of esters is 1. The van der Waals surface area contributed by atoms with Gasteiger partial charge >= 0.3 is 12.1 Å². The lowest BCUT2D eigenvalue weighted by Crippen LogP contribution is -2.39. The Morgan fingerprint density at radius 1 is 1.13 bits per heavy atom. The number of halogens is 1. The number of ether oxygens (including phenoxy) is 2. The topological polar surface area (TPSA) is 89.0 Å². The Morgan fingerprint density at radius 2 is 1.87 bits per heavy atom. The highest BCUT2D eigenvalue weighted by molar-refractivity contribution is 8.00. The van der Waals surface area contributed by atoms with E-state index in [2.05, 4.69) is 4.98 Å². The third kappa shape index (κ3) is 6.94. The summed E-state index contributed by atoms with van der Waals surface area (Å²) in [7, 11) is 0. The smallest absolute Gasteiger partial charge is 0.416 e. The lowest BCUT2D eigenvalue weighted by Gasteiger charge is -2.27. The first-order valence-electron chi connectivity index (χ1n) is 12.4. The van der Waals surface area contributed by atoms with Crippen LogP contribution < -0.4 is 9.80 Å². The fourth-order valence-corrected chi connectivity index (χ4v) is 5.22. The number of benzene rings is 2. The lowest BCUT2D eigenvalue weighted by atomic mass is 10.1. The van der Waals surface area contributed by atoms with Gasteiger partial charge < -0.3 is 9.47 Å². The number of rotatable bonds is 7. The zero-order valence-electron chi connectivity index (χ0n) is 22.2. The highest BCUT2D eigenvalue weighted by Crippen LogP contribution is 2.42. The monoisotopic (exact) mass is 551 g/mol. The number of aryl methyl sites for hydroxylation is 1. The molecular formula is C29H30FN3O5S. The molecule has 4 rings (SSSR count). The van der Waals surface area contributed by atoms with Gasteiger partial charge in [0, 0.05) is 11.9 Å². The second-order valence-electron chi connectivity index (χ2n) is 9.94. The molecule has 2 aromatic carbocycles. The molecule has 39 heavy (non-hydrogen) atoms. The van der Waals surface area contributed by atoms with Gasteiger partial charge in [0.2, 0.25) is 5.91 Å². The van der Waals surface area contributed by atoms with Crippen LogP contribution in [0.5, 0.6) is 0 Å². The van der Waals surface area contributed by atoms with E-state index in [1.165, 1.54) is 28.8 Å². The summed E-state index contributed by atoms with van der Waals surface area (Å²) < 4.78 is 24.4. The van der Waals surface area contributed by atoms with E-state index in [1.807, 2.05) is 6.92 Å². The van der Waals surface area contributed by atoms with Crippen molar-refractivity contribution >= 4 is 41.2 Å². The van der Waals surface area contributed by atoms with Crippen LogP contribution in [0.15, 0.2) is 66.9 Å². The molecule has 0 radical (unpaired) electrons. The molecule has 0 spiro atoms. The normalized spacial score (nSPS) is 15.3. The lowest BCUT2D eigenvalue weighted by molar-refractivity contribution is -0.115. The van der Waals surface area contributed by atoms with Crippen LogP contribution in [0.25, 0.3) is 0 Å². The molecular weight excluding hydrogens is 521 g/mol. The van der Waals surface area contributed by atoms with E-state index >= 15 is 0 Å². The summed E-state index contributed by atoms with van der Waals surface area (Å²) in [5.41, 5.74) is 1.82. The molecule has 1 aromatic heterocycles. The van der Waals surface area contributed by atoms with Crippen LogP contribution in [-0.4, -0.2) is 47.5 Å². The van der Waals surface area contributed by atoms with Crippen LogP contribution >= 0.6 is 11.8 Å². The summed E-state index contributed by atoms with van der Waals surface area (Å²) in [5.74, 6) is -0.285. The SMILES string of the molecule is Cc1cc(C(=O)OCCN(C(=O)OC(C)(C)C)c2ccccn2)ccc1N1C(=O)CSC1c1ccc(F)cc1. The molecule has 1 fully saturated rings. The number of pyridine rings is 1. The molecule has 10 heteroatoms. The third-order valence-corrected chi connectivity index (χ3v) is 7.02. The maximum absolute atomic E-state index is 13.4. The minimum atomic E-state index is -0.703. The first-order chi connectivity index (χ1) is 18.5. The number of thioether (sulfide) groups is 1. The summed E-state index contributed by atoms with van der Waals surface area (Å²) in [6.07, 6.45) is 0.967. The van der Waals surface area contributed by atoms with Crippen LogP contribution in [0.1, 0.15) is 47.6 Å². The van der Waals surface area contributed by atoms with E-state index in [9.17, 15) is 18.8 Å². The van der Waals surface area contributed by atoms with Crippen LogP contribution in [0.3, 0.4) is 0 Å². The Kier molecular flexibility index (Phi) is 8.54. The van der Waals surface area contributed by atoms with Crippen molar-refractivity contribution in [2.75, 3.05) is 28.7 Å². The molecule has 0 bridgehead atoms. The average Bonchev–Trinajstić information content (AvgIpc) is 3.27.